The van der Waals surface area contributed by atoms with Gasteiger partial charge in [-0.05, 0) is 36.4 Å². The van der Waals surface area contributed by atoms with Crippen molar-refractivity contribution in [1.29, 1.82) is 0 Å². The molecule has 1 N–H and O–H groups in total. The van der Waals surface area contributed by atoms with Gasteiger partial charge in [0.1, 0.15) is 5.82 Å². The summed E-state index contributed by atoms with van der Waals surface area (Å²) < 4.78 is 38.0. The zero-order valence-electron chi connectivity index (χ0n) is 14.1. The summed E-state index contributed by atoms with van der Waals surface area (Å²) in [5.41, 5.74) is 1.93. The van der Waals surface area contributed by atoms with E-state index in [0.29, 0.717) is 22.8 Å². The van der Waals surface area contributed by atoms with Crippen LogP contribution >= 0.6 is 0 Å². The maximum Gasteiger partial charge on any atom is 0.222 e. The summed E-state index contributed by atoms with van der Waals surface area (Å²) in [4.78, 5) is 11.5. The second-order valence-corrected chi connectivity index (χ2v) is 7.80. The van der Waals surface area contributed by atoms with Gasteiger partial charge in [-0.2, -0.15) is 0 Å². The summed E-state index contributed by atoms with van der Waals surface area (Å²) in [5.74, 6) is -0.307. The van der Waals surface area contributed by atoms with Gasteiger partial charge in [0, 0.05) is 24.8 Å². The average molecular weight is 373 g/mol. The van der Waals surface area contributed by atoms with Crippen LogP contribution in [0.15, 0.2) is 59.5 Å². The monoisotopic (exact) mass is 373 g/mol. The zero-order chi connectivity index (χ0) is 18.9. The predicted octanol–water partition coefficient (Wildman–Crippen LogP) is 3.04. The highest BCUT2D eigenvalue weighted by Gasteiger charge is 2.14. The number of hydrogen-bond donors (Lipinski definition) is 1. The maximum atomic E-state index is 13.2. The summed E-state index contributed by atoms with van der Waals surface area (Å²) in [6, 6.07) is 13.7. The molecule has 0 spiro atoms. The number of carbonyl (C=O) groups excluding carboxylic acids is 1. The molecule has 8 heteroatoms. The van der Waals surface area contributed by atoms with Crippen LogP contribution in [0.3, 0.4) is 0 Å². The van der Waals surface area contributed by atoms with E-state index in [9.17, 15) is 17.6 Å². The second-order valence-electron chi connectivity index (χ2n) is 5.78. The third-order valence-electron chi connectivity index (χ3n) is 3.66. The van der Waals surface area contributed by atoms with Gasteiger partial charge < -0.3 is 5.32 Å². The molecular weight excluding hydrogens is 357 g/mol. The lowest BCUT2D eigenvalue weighted by atomic mass is 10.1. The van der Waals surface area contributed by atoms with Crippen molar-refractivity contribution in [1.82, 2.24) is 9.78 Å². The van der Waals surface area contributed by atoms with Crippen LogP contribution in [0.4, 0.5) is 10.2 Å². The van der Waals surface area contributed by atoms with Gasteiger partial charge in [0.05, 0.1) is 16.3 Å². The number of aromatic nitrogens is 2. The first kappa shape index (κ1) is 17.8. The molecular formula is C18H16FN3O3S. The zero-order valence-corrected chi connectivity index (χ0v) is 14.9. The Kier molecular flexibility index (Phi) is 4.60. The van der Waals surface area contributed by atoms with Crippen LogP contribution in [0.2, 0.25) is 0 Å². The summed E-state index contributed by atoms with van der Waals surface area (Å²) in [5, 5.41) is 6.95. The fourth-order valence-corrected chi connectivity index (χ4v) is 3.11. The number of sulfone groups is 1. The number of benzene rings is 2. The van der Waals surface area contributed by atoms with E-state index >= 15 is 0 Å². The van der Waals surface area contributed by atoms with Crippen molar-refractivity contribution in [3.8, 4) is 16.9 Å². The lowest BCUT2D eigenvalue weighted by Gasteiger charge is -2.08. The molecule has 0 aliphatic carbocycles. The second kappa shape index (κ2) is 6.72. The highest BCUT2D eigenvalue weighted by atomic mass is 32.2. The fraction of sp³-hybridized carbons (Fsp3) is 0.111. The highest BCUT2D eigenvalue weighted by molar-refractivity contribution is 7.90. The van der Waals surface area contributed by atoms with Crippen molar-refractivity contribution in [2.45, 2.75) is 11.8 Å². The van der Waals surface area contributed by atoms with E-state index in [4.69, 9.17) is 0 Å². The minimum atomic E-state index is -3.30. The Morgan fingerprint density at radius 1 is 1.08 bits per heavy atom. The third kappa shape index (κ3) is 3.80. The molecule has 6 nitrogen and oxygen atoms in total. The van der Waals surface area contributed by atoms with Gasteiger partial charge >= 0.3 is 0 Å². The van der Waals surface area contributed by atoms with Crippen LogP contribution in [0.5, 0.6) is 0 Å². The molecule has 1 amide bonds. The van der Waals surface area contributed by atoms with Gasteiger partial charge in [-0.15, -0.1) is 5.10 Å². The Morgan fingerprint density at radius 2 is 1.69 bits per heavy atom. The maximum absolute atomic E-state index is 13.2. The number of nitrogens with one attached hydrogen (secondary N) is 1. The van der Waals surface area contributed by atoms with E-state index in [0.717, 1.165) is 6.26 Å². The molecule has 0 unspecified atom stereocenters. The van der Waals surface area contributed by atoms with Crippen molar-refractivity contribution in [3.63, 3.8) is 0 Å². The van der Waals surface area contributed by atoms with E-state index in [-0.39, 0.29) is 16.6 Å². The Balaban J connectivity index is 2.11. The largest absolute Gasteiger partial charge is 0.309 e. The summed E-state index contributed by atoms with van der Waals surface area (Å²) >= 11 is 0. The topological polar surface area (TPSA) is 81.1 Å². The standard InChI is InChI=1S/C18H16FN3O3S/c1-12(23)20-18-11-17(13-3-9-16(10-4-13)26(2,24)25)22(21-18)15-7-5-14(19)6-8-15/h3-11H,1-2H3,(H,20,21,23). The molecule has 1 aromatic heterocycles. The number of nitrogens with zero attached hydrogens (tertiary/aromatic N) is 2. The molecule has 1 heterocycles. The number of rotatable bonds is 4. The fourth-order valence-electron chi connectivity index (χ4n) is 2.48. The number of anilines is 1. The molecule has 0 saturated heterocycles. The molecule has 0 saturated carbocycles. The van der Waals surface area contributed by atoms with Crippen molar-refractivity contribution >= 4 is 21.6 Å². The van der Waals surface area contributed by atoms with Crippen molar-refractivity contribution < 1.29 is 17.6 Å². The molecule has 134 valence electrons. The smallest absolute Gasteiger partial charge is 0.222 e. The van der Waals surface area contributed by atoms with Crippen molar-refractivity contribution in [2.24, 2.45) is 0 Å². The number of amides is 1. The van der Waals surface area contributed by atoms with Gasteiger partial charge in [-0.3, -0.25) is 4.79 Å². The number of hydrogen-bond acceptors (Lipinski definition) is 4. The van der Waals surface area contributed by atoms with Crippen LogP contribution < -0.4 is 5.32 Å². The summed E-state index contributed by atoms with van der Waals surface area (Å²) in [6.45, 7) is 1.37. The molecule has 0 bridgehead atoms. The average Bonchev–Trinajstić information content (AvgIpc) is 2.98. The predicted molar refractivity (Wildman–Crippen MR) is 96.4 cm³/mol. The minimum Gasteiger partial charge on any atom is -0.309 e. The van der Waals surface area contributed by atoms with E-state index < -0.39 is 9.84 Å². The van der Waals surface area contributed by atoms with Gasteiger partial charge in [-0.25, -0.2) is 17.5 Å². The van der Waals surface area contributed by atoms with Crippen molar-refractivity contribution in [3.05, 3.63) is 60.4 Å². The summed E-state index contributed by atoms with van der Waals surface area (Å²) in [6.07, 6.45) is 1.14. The molecule has 2 aromatic carbocycles. The first-order valence-electron chi connectivity index (χ1n) is 7.68. The van der Waals surface area contributed by atoms with Gasteiger partial charge in [-0.1, -0.05) is 12.1 Å². The van der Waals surface area contributed by atoms with Gasteiger partial charge in [0.15, 0.2) is 15.7 Å². The van der Waals surface area contributed by atoms with Gasteiger partial charge in [0.2, 0.25) is 5.91 Å². The third-order valence-corrected chi connectivity index (χ3v) is 4.79. The van der Waals surface area contributed by atoms with Crippen LogP contribution in [0, 0.1) is 5.82 Å². The van der Waals surface area contributed by atoms with E-state index in [1.807, 2.05) is 0 Å². The molecule has 3 aromatic rings. The lowest BCUT2D eigenvalue weighted by molar-refractivity contribution is -0.114. The van der Waals surface area contributed by atoms with E-state index in [1.165, 1.54) is 31.2 Å². The first-order chi connectivity index (χ1) is 12.2. The van der Waals surface area contributed by atoms with Crippen LogP contribution in [0.1, 0.15) is 6.92 Å². The summed E-state index contributed by atoms with van der Waals surface area (Å²) in [7, 11) is -3.30. The molecule has 0 atom stereocenters. The molecule has 0 aliphatic rings. The highest BCUT2D eigenvalue weighted by Crippen LogP contribution is 2.27. The Morgan fingerprint density at radius 3 is 2.23 bits per heavy atom. The number of halogens is 1. The van der Waals surface area contributed by atoms with Crippen LogP contribution in [-0.4, -0.2) is 30.4 Å². The molecule has 26 heavy (non-hydrogen) atoms. The molecule has 0 fully saturated rings. The van der Waals surface area contributed by atoms with Gasteiger partial charge in [0.25, 0.3) is 0 Å². The Hall–Kier alpha value is -3.00. The number of carbonyl (C=O) groups is 1. The Bertz CT molecular complexity index is 1060. The van der Waals surface area contributed by atoms with E-state index in [1.54, 1.807) is 35.0 Å². The van der Waals surface area contributed by atoms with Crippen LogP contribution in [-0.2, 0) is 14.6 Å². The molecule has 0 radical (unpaired) electrons. The first-order valence-corrected chi connectivity index (χ1v) is 9.57. The lowest BCUT2D eigenvalue weighted by Crippen LogP contribution is -2.07. The molecule has 3 rings (SSSR count). The Labute approximate surface area is 150 Å². The van der Waals surface area contributed by atoms with E-state index in [2.05, 4.69) is 10.4 Å². The quantitative estimate of drug-likeness (QED) is 0.762. The normalized spacial score (nSPS) is 11.3. The molecule has 0 aliphatic heterocycles. The minimum absolute atomic E-state index is 0.205. The SMILES string of the molecule is CC(=O)Nc1cc(-c2ccc(S(C)(=O)=O)cc2)n(-c2ccc(F)cc2)n1. The van der Waals surface area contributed by atoms with Crippen molar-refractivity contribution in [2.75, 3.05) is 11.6 Å². The van der Waals surface area contributed by atoms with Crippen LogP contribution in [0.25, 0.3) is 16.9 Å².